The molecule has 2 aliphatic heterocycles. The smallest absolute Gasteiger partial charge is 0.252 e. The number of imidazole rings is 1. The molecule has 3 aromatic rings. The molecular weight excluding hydrogens is 394 g/mol. The fourth-order valence-corrected chi connectivity index (χ4v) is 4.51. The molecule has 160 valence electrons. The van der Waals surface area contributed by atoms with Crippen molar-refractivity contribution in [2.45, 2.75) is 32.2 Å². The first-order valence-electron chi connectivity index (χ1n) is 10.3. The molecule has 0 saturated carbocycles. The Morgan fingerprint density at radius 2 is 2.06 bits per heavy atom. The van der Waals surface area contributed by atoms with Crippen molar-refractivity contribution in [1.29, 1.82) is 0 Å². The monoisotopic (exact) mass is 419 g/mol. The van der Waals surface area contributed by atoms with Gasteiger partial charge in [0.15, 0.2) is 5.82 Å². The quantitative estimate of drug-likeness (QED) is 0.695. The summed E-state index contributed by atoms with van der Waals surface area (Å²) in [6.07, 6.45) is 7.21. The number of fused-ring (bicyclic) bond motifs is 3. The largest absolute Gasteiger partial charge is 0.494 e. The van der Waals surface area contributed by atoms with Crippen LogP contribution >= 0.6 is 0 Å². The van der Waals surface area contributed by atoms with Crippen LogP contribution in [0.25, 0.3) is 5.69 Å². The van der Waals surface area contributed by atoms with Gasteiger partial charge in [-0.05, 0) is 38.8 Å². The second kappa shape index (κ2) is 6.97. The van der Waals surface area contributed by atoms with Gasteiger partial charge in [0, 0.05) is 31.5 Å². The molecule has 2 aromatic heterocycles. The molecule has 2 aliphatic rings. The lowest BCUT2D eigenvalue weighted by atomic mass is 9.94. The molecule has 0 radical (unpaired) electrons. The Bertz CT molecular complexity index is 1170. The number of benzene rings is 1. The van der Waals surface area contributed by atoms with Crippen molar-refractivity contribution in [1.82, 2.24) is 19.5 Å². The normalized spacial score (nSPS) is 19.9. The highest BCUT2D eigenvalue weighted by Crippen LogP contribution is 2.44. The lowest BCUT2D eigenvalue weighted by Gasteiger charge is -2.43. The summed E-state index contributed by atoms with van der Waals surface area (Å²) in [6, 6.07) is 5.82. The summed E-state index contributed by atoms with van der Waals surface area (Å²) in [7, 11) is 3.43. The second-order valence-electron chi connectivity index (χ2n) is 8.23. The van der Waals surface area contributed by atoms with E-state index in [1.807, 2.05) is 42.8 Å². The van der Waals surface area contributed by atoms with Gasteiger partial charge in [-0.25, -0.2) is 9.97 Å². The Balaban J connectivity index is 1.47. The third kappa shape index (κ3) is 2.99. The average molecular weight is 419 g/mol. The summed E-state index contributed by atoms with van der Waals surface area (Å²) in [4.78, 5) is 30.2. The maximum atomic E-state index is 12.9. The van der Waals surface area contributed by atoms with E-state index in [1.165, 1.54) is 0 Å². The van der Waals surface area contributed by atoms with Crippen molar-refractivity contribution in [3.05, 3.63) is 42.6 Å². The third-order valence-corrected chi connectivity index (χ3v) is 6.20. The first kappa shape index (κ1) is 19.3. The van der Waals surface area contributed by atoms with Crippen molar-refractivity contribution in [3.8, 4) is 11.4 Å². The number of amides is 1. The molecule has 1 fully saturated rings. The predicted octanol–water partition coefficient (Wildman–Crippen LogP) is 3.06. The number of likely N-dealkylation sites (N-methyl/N-ethyl adjacent to an activating group) is 1. The van der Waals surface area contributed by atoms with Crippen molar-refractivity contribution >= 4 is 29.0 Å². The van der Waals surface area contributed by atoms with Gasteiger partial charge in [-0.3, -0.25) is 4.79 Å². The van der Waals surface area contributed by atoms with E-state index in [2.05, 4.69) is 20.2 Å². The fourth-order valence-electron chi connectivity index (χ4n) is 4.51. The molecule has 31 heavy (non-hydrogen) atoms. The number of nitrogens with one attached hydrogen (secondary N) is 1. The van der Waals surface area contributed by atoms with Gasteiger partial charge < -0.3 is 24.4 Å². The second-order valence-corrected chi connectivity index (χ2v) is 8.23. The van der Waals surface area contributed by atoms with E-state index in [0.29, 0.717) is 11.7 Å². The van der Waals surface area contributed by atoms with Crippen LogP contribution in [0, 0.1) is 6.92 Å². The Labute approximate surface area is 180 Å². The van der Waals surface area contributed by atoms with Gasteiger partial charge in [0.25, 0.3) is 5.91 Å². The summed E-state index contributed by atoms with van der Waals surface area (Å²) in [5.74, 6) is 2.07. The molecule has 0 aliphatic carbocycles. The number of hydrogen-bond acceptors (Lipinski definition) is 7. The number of carbonyl (C=O) groups is 1. The van der Waals surface area contributed by atoms with E-state index in [9.17, 15) is 4.79 Å². The predicted molar refractivity (Wildman–Crippen MR) is 119 cm³/mol. The van der Waals surface area contributed by atoms with Gasteiger partial charge in [-0.15, -0.1) is 0 Å². The summed E-state index contributed by atoms with van der Waals surface area (Å²) in [5, 5.41) is 3.27. The number of hydrogen-bond donors (Lipinski definition) is 1. The number of aryl methyl sites for hydroxylation is 1. The summed E-state index contributed by atoms with van der Waals surface area (Å²) >= 11 is 0. The zero-order valence-electron chi connectivity index (χ0n) is 18.1. The van der Waals surface area contributed by atoms with Gasteiger partial charge in [-0.2, -0.15) is 4.98 Å². The average Bonchev–Trinajstić information content (AvgIpc) is 3.38. The lowest BCUT2D eigenvalue weighted by molar-refractivity contribution is -0.123. The van der Waals surface area contributed by atoms with Crippen LogP contribution in [0.1, 0.15) is 25.5 Å². The number of carbonyl (C=O) groups excluding carboxylic acids is 1. The molecule has 1 saturated heterocycles. The summed E-state index contributed by atoms with van der Waals surface area (Å²) in [6.45, 7) is 4.76. The van der Waals surface area contributed by atoms with Crippen LogP contribution in [0.2, 0.25) is 0 Å². The Morgan fingerprint density at radius 1 is 1.23 bits per heavy atom. The Kier molecular flexibility index (Phi) is 4.35. The lowest BCUT2D eigenvalue weighted by Crippen LogP contribution is -2.58. The van der Waals surface area contributed by atoms with E-state index in [-0.39, 0.29) is 5.91 Å². The molecule has 1 aromatic carbocycles. The maximum absolute atomic E-state index is 12.9. The molecule has 1 N–H and O–H groups in total. The van der Waals surface area contributed by atoms with Gasteiger partial charge in [0.2, 0.25) is 5.95 Å². The molecule has 4 heterocycles. The first-order chi connectivity index (χ1) is 14.9. The van der Waals surface area contributed by atoms with Crippen molar-refractivity contribution in [2.24, 2.45) is 0 Å². The molecular formula is C22H25N7O2. The van der Waals surface area contributed by atoms with Crippen LogP contribution in [0.15, 0.2) is 36.9 Å². The highest BCUT2D eigenvalue weighted by Gasteiger charge is 2.50. The third-order valence-electron chi connectivity index (χ3n) is 6.20. The van der Waals surface area contributed by atoms with Crippen LogP contribution in [-0.4, -0.2) is 51.7 Å². The van der Waals surface area contributed by atoms with Crippen molar-refractivity contribution in [2.75, 3.05) is 35.8 Å². The highest BCUT2D eigenvalue weighted by atomic mass is 16.5. The van der Waals surface area contributed by atoms with Gasteiger partial charge >= 0.3 is 0 Å². The zero-order valence-corrected chi connectivity index (χ0v) is 18.1. The standard InChI is InChI=1S/C22H25N7O2/c1-14-12-28(13-24-14)16-7-6-15(10-18(16)31-4)25-21-23-11-17-19(26-21)29-9-5-8-22(29,2)20(30)27(17)3/h6-7,10-13H,5,8-9H2,1-4H3,(H,23,25,26). The van der Waals surface area contributed by atoms with Gasteiger partial charge in [-0.1, -0.05) is 0 Å². The maximum Gasteiger partial charge on any atom is 0.252 e. The van der Waals surface area contributed by atoms with E-state index in [0.717, 1.165) is 48.0 Å². The molecule has 1 unspecified atom stereocenters. The van der Waals surface area contributed by atoms with Crippen LogP contribution < -0.4 is 19.9 Å². The van der Waals surface area contributed by atoms with E-state index in [1.54, 1.807) is 31.6 Å². The molecule has 0 spiro atoms. The van der Waals surface area contributed by atoms with Crippen molar-refractivity contribution in [3.63, 3.8) is 0 Å². The number of aromatic nitrogens is 4. The number of rotatable bonds is 4. The van der Waals surface area contributed by atoms with Crippen molar-refractivity contribution < 1.29 is 9.53 Å². The summed E-state index contributed by atoms with van der Waals surface area (Å²) < 4.78 is 7.52. The molecule has 5 rings (SSSR count). The fraction of sp³-hybridized carbons (Fsp3) is 0.364. The van der Waals surface area contributed by atoms with Gasteiger partial charge in [0.05, 0.1) is 31.0 Å². The first-order valence-corrected chi connectivity index (χ1v) is 10.3. The number of methoxy groups -OCH3 is 1. The zero-order chi connectivity index (χ0) is 21.8. The Morgan fingerprint density at radius 3 is 2.81 bits per heavy atom. The highest BCUT2D eigenvalue weighted by molar-refractivity contribution is 6.07. The van der Waals surface area contributed by atoms with E-state index >= 15 is 0 Å². The Hall–Kier alpha value is -3.62. The van der Waals surface area contributed by atoms with Gasteiger partial charge in [0.1, 0.15) is 17.0 Å². The molecule has 1 atom stereocenters. The molecule has 0 bridgehead atoms. The van der Waals surface area contributed by atoms with E-state index < -0.39 is 5.54 Å². The summed E-state index contributed by atoms with van der Waals surface area (Å²) in [5.41, 5.74) is 2.83. The SMILES string of the molecule is COc1cc(Nc2ncc3c(n2)N2CCCC2(C)C(=O)N3C)ccc1-n1cnc(C)c1. The molecule has 9 nitrogen and oxygen atoms in total. The minimum Gasteiger partial charge on any atom is -0.494 e. The van der Waals surface area contributed by atoms with Crippen LogP contribution in [-0.2, 0) is 4.79 Å². The minimum atomic E-state index is -0.541. The van der Waals surface area contributed by atoms with Crippen LogP contribution in [0.4, 0.5) is 23.1 Å². The topological polar surface area (TPSA) is 88.4 Å². The number of ether oxygens (including phenoxy) is 1. The minimum absolute atomic E-state index is 0.0943. The molecule has 9 heteroatoms. The van der Waals surface area contributed by atoms with E-state index in [4.69, 9.17) is 9.72 Å². The molecule has 1 amide bonds. The number of nitrogens with zero attached hydrogens (tertiary/aromatic N) is 6. The van der Waals surface area contributed by atoms with Crippen LogP contribution in [0.3, 0.4) is 0 Å². The number of anilines is 4. The van der Waals surface area contributed by atoms with Crippen LogP contribution in [0.5, 0.6) is 5.75 Å².